The number of benzene rings is 2. The molecule has 0 amide bonds. The van der Waals surface area contributed by atoms with Crippen molar-refractivity contribution in [1.29, 1.82) is 0 Å². The maximum absolute atomic E-state index is 12.8. The van der Waals surface area contributed by atoms with Gasteiger partial charge < -0.3 is 0 Å². The van der Waals surface area contributed by atoms with Crippen LogP contribution >= 0.6 is 34.5 Å². The van der Waals surface area contributed by atoms with Crippen molar-refractivity contribution < 1.29 is 8.42 Å². The van der Waals surface area contributed by atoms with Crippen LogP contribution in [0.4, 0.5) is 0 Å². The van der Waals surface area contributed by atoms with Gasteiger partial charge in [-0.25, -0.2) is 0 Å². The molecule has 0 spiro atoms. The summed E-state index contributed by atoms with van der Waals surface area (Å²) in [6.45, 7) is 0. The second-order valence-corrected chi connectivity index (χ2v) is 9.66. The molecule has 0 fully saturated rings. The number of nitrogens with zero attached hydrogens (tertiary/aromatic N) is 2. The van der Waals surface area contributed by atoms with Crippen LogP contribution < -0.4 is 4.83 Å². The summed E-state index contributed by atoms with van der Waals surface area (Å²) < 4.78 is 26.1. The maximum Gasteiger partial charge on any atom is 0.276 e. The molecular weight excluding hydrogens is 437 g/mol. The van der Waals surface area contributed by atoms with Crippen molar-refractivity contribution >= 4 is 44.6 Å². The number of halogens is 2. The van der Waals surface area contributed by atoms with Crippen LogP contribution in [-0.2, 0) is 10.0 Å². The molecule has 0 aliphatic carbocycles. The highest BCUT2D eigenvalue weighted by Crippen LogP contribution is 2.33. The Morgan fingerprint density at radius 2 is 1.64 bits per heavy atom. The van der Waals surface area contributed by atoms with Gasteiger partial charge in [0.2, 0.25) is 0 Å². The van der Waals surface area contributed by atoms with E-state index < -0.39 is 10.0 Å². The molecule has 1 N–H and O–H groups in total. The second kappa shape index (κ2) is 7.60. The fourth-order valence-corrected chi connectivity index (χ4v) is 4.76. The zero-order valence-electron chi connectivity index (χ0n) is 14.2. The first kappa shape index (κ1) is 19.0. The Morgan fingerprint density at radius 3 is 2.29 bits per heavy atom. The van der Waals surface area contributed by atoms with Gasteiger partial charge >= 0.3 is 0 Å². The van der Waals surface area contributed by atoms with Crippen LogP contribution in [0, 0.1) is 0 Å². The van der Waals surface area contributed by atoms with Crippen molar-refractivity contribution in [3.05, 3.63) is 82.2 Å². The summed E-state index contributed by atoms with van der Waals surface area (Å²) in [4.78, 5) is 4.72. The smallest absolute Gasteiger partial charge is 0.200 e. The highest BCUT2D eigenvalue weighted by atomic mass is 35.5. The van der Waals surface area contributed by atoms with Crippen LogP contribution in [0.15, 0.2) is 77.7 Å². The van der Waals surface area contributed by atoms with Crippen molar-refractivity contribution in [3.63, 3.8) is 0 Å². The third-order valence-corrected chi connectivity index (χ3v) is 6.75. The number of thiophene rings is 1. The summed E-state index contributed by atoms with van der Waals surface area (Å²) in [7, 11) is -3.81. The monoisotopic (exact) mass is 449 g/mol. The molecule has 0 radical (unpaired) electrons. The molecule has 4 rings (SSSR count). The van der Waals surface area contributed by atoms with Crippen LogP contribution in [0.5, 0.6) is 0 Å². The Bertz CT molecular complexity index is 1220. The summed E-state index contributed by atoms with van der Waals surface area (Å²) in [5.74, 6) is 0. The molecule has 142 valence electrons. The highest BCUT2D eigenvalue weighted by molar-refractivity contribution is 7.92. The second-order valence-electron chi connectivity index (χ2n) is 5.85. The van der Waals surface area contributed by atoms with Crippen LogP contribution in [0.25, 0.3) is 21.8 Å². The van der Waals surface area contributed by atoms with Gasteiger partial charge in [-0.05, 0) is 42.5 Å². The van der Waals surface area contributed by atoms with Crippen LogP contribution in [0.1, 0.15) is 0 Å². The first-order chi connectivity index (χ1) is 13.4. The average molecular weight is 450 g/mol. The standard InChI is InChI=1S/C19H13Cl2N3O2S2/c20-14-8-6-13(7-9-14)16-12-17(18-10-11-19(21)27-18)24(22-16)23-28(25,26)15-4-2-1-3-5-15/h1-12,23H. The van der Waals surface area contributed by atoms with Gasteiger partial charge in [-0.15, -0.1) is 11.3 Å². The van der Waals surface area contributed by atoms with E-state index in [0.717, 1.165) is 10.4 Å². The summed E-state index contributed by atoms with van der Waals surface area (Å²) in [6, 6.07) is 20.7. The summed E-state index contributed by atoms with van der Waals surface area (Å²) in [6.07, 6.45) is 0. The Hall–Kier alpha value is -2.32. The first-order valence-corrected chi connectivity index (χ1v) is 11.2. The molecular formula is C19H13Cl2N3O2S2. The van der Waals surface area contributed by atoms with Crippen LogP contribution in [-0.4, -0.2) is 18.3 Å². The molecule has 0 atom stereocenters. The third kappa shape index (κ3) is 3.93. The topological polar surface area (TPSA) is 64.0 Å². The number of rotatable bonds is 5. The van der Waals surface area contributed by atoms with E-state index >= 15 is 0 Å². The molecule has 0 aliphatic rings. The van der Waals surface area contributed by atoms with Gasteiger partial charge in [0.05, 0.1) is 19.8 Å². The van der Waals surface area contributed by atoms with Gasteiger partial charge in [0.1, 0.15) is 5.69 Å². The van der Waals surface area contributed by atoms with Crippen molar-refractivity contribution in [2.24, 2.45) is 0 Å². The Labute approximate surface area is 176 Å². The van der Waals surface area contributed by atoms with Crippen molar-refractivity contribution in [3.8, 4) is 21.8 Å². The van der Waals surface area contributed by atoms with E-state index in [4.69, 9.17) is 23.2 Å². The number of sulfonamides is 1. The van der Waals surface area contributed by atoms with Crippen molar-refractivity contribution in [1.82, 2.24) is 9.89 Å². The molecule has 5 nitrogen and oxygen atoms in total. The highest BCUT2D eigenvalue weighted by Gasteiger charge is 2.19. The number of hydrogen-bond donors (Lipinski definition) is 1. The molecule has 0 bridgehead atoms. The molecule has 0 aliphatic heterocycles. The van der Waals surface area contributed by atoms with E-state index in [2.05, 4.69) is 9.93 Å². The molecule has 28 heavy (non-hydrogen) atoms. The van der Waals surface area contributed by atoms with E-state index in [1.54, 1.807) is 42.5 Å². The lowest BCUT2D eigenvalue weighted by molar-refractivity contribution is 0.592. The number of aromatic nitrogens is 2. The normalized spacial score (nSPS) is 11.5. The SMILES string of the molecule is O=S(=O)(Nn1nc(-c2ccc(Cl)cc2)cc1-c1ccc(Cl)s1)c1ccccc1. The van der Waals surface area contributed by atoms with E-state index in [1.807, 2.05) is 18.2 Å². The lowest BCUT2D eigenvalue weighted by atomic mass is 10.1. The molecule has 0 unspecified atom stereocenters. The maximum atomic E-state index is 12.8. The molecule has 0 saturated carbocycles. The first-order valence-electron chi connectivity index (χ1n) is 8.12. The molecule has 2 aromatic heterocycles. The van der Waals surface area contributed by atoms with Gasteiger partial charge in [0.15, 0.2) is 0 Å². The van der Waals surface area contributed by atoms with E-state index in [-0.39, 0.29) is 4.90 Å². The molecule has 0 saturated heterocycles. The van der Waals surface area contributed by atoms with E-state index in [1.165, 1.54) is 28.3 Å². The zero-order chi connectivity index (χ0) is 19.7. The Balaban J connectivity index is 1.80. The van der Waals surface area contributed by atoms with Crippen molar-refractivity contribution in [2.45, 2.75) is 4.90 Å². The lowest BCUT2D eigenvalue weighted by Crippen LogP contribution is -2.25. The van der Waals surface area contributed by atoms with Crippen LogP contribution in [0.3, 0.4) is 0 Å². The van der Waals surface area contributed by atoms with Gasteiger partial charge in [-0.1, -0.05) is 53.5 Å². The van der Waals surface area contributed by atoms with Crippen molar-refractivity contribution in [2.75, 3.05) is 4.83 Å². The van der Waals surface area contributed by atoms with E-state index in [0.29, 0.717) is 20.7 Å². The molecule has 4 aromatic rings. The van der Waals surface area contributed by atoms with Gasteiger partial charge in [-0.3, -0.25) is 0 Å². The van der Waals surface area contributed by atoms with Gasteiger partial charge in [0.25, 0.3) is 10.0 Å². The van der Waals surface area contributed by atoms with E-state index in [9.17, 15) is 8.42 Å². The summed E-state index contributed by atoms with van der Waals surface area (Å²) in [5, 5.41) is 5.06. The number of hydrogen-bond acceptors (Lipinski definition) is 4. The van der Waals surface area contributed by atoms with Gasteiger partial charge in [0, 0.05) is 10.6 Å². The predicted octanol–water partition coefficient (Wildman–Crippen LogP) is 5.52. The average Bonchev–Trinajstić information content (AvgIpc) is 3.29. The summed E-state index contributed by atoms with van der Waals surface area (Å²) in [5.41, 5.74) is 2.00. The predicted molar refractivity (Wildman–Crippen MR) is 114 cm³/mol. The zero-order valence-corrected chi connectivity index (χ0v) is 17.4. The lowest BCUT2D eigenvalue weighted by Gasteiger charge is -2.10. The minimum Gasteiger partial charge on any atom is -0.200 e. The fourth-order valence-electron chi connectivity index (χ4n) is 2.61. The van der Waals surface area contributed by atoms with Crippen LogP contribution in [0.2, 0.25) is 9.36 Å². The molecule has 2 aromatic carbocycles. The fraction of sp³-hybridized carbons (Fsp3) is 0. The number of nitrogens with one attached hydrogen (secondary N) is 1. The summed E-state index contributed by atoms with van der Waals surface area (Å²) >= 11 is 13.4. The minimum absolute atomic E-state index is 0.147. The van der Waals surface area contributed by atoms with Gasteiger partial charge in [-0.2, -0.15) is 23.1 Å². The molecule has 2 heterocycles. The Morgan fingerprint density at radius 1 is 0.929 bits per heavy atom. The quantitative estimate of drug-likeness (QED) is 0.436. The molecule has 9 heteroatoms. The third-order valence-electron chi connectivity index (χ3n) is 3.94. The largest absolute Gasteiger partial charge is 0.276 e. The minimum atomic E-state index is -3.81. The Kier molecular flexibility index (Phi) is 5.16.